The molecule has 0 aliphatic heterocycles. The van der Waals surface area contributed by atoms with Crippen LogP contribution >= 0.6 is 0 Å². The number of benzene rings is 1. The topological polar surface area (TPSA) is 81.8 Å². The summed E-state index contributed by atoms with van der Waals surface area (Å²) >= 11 is 0. The van der Waals surface area contributed by atoms with Crippen molar-refractivity contribution in [1.29, 1.82) is 0 Å². The molecule has 0 radical (unpaired) electrons. The van der Waals surface area contributed by atoms with E-state index in [9.17, 15) is 0 Å². The van der Waals surface area contributed by atoms with Gasteiger partial charge in [-0.1, -0.05) is 19.3 Å². The molecule has 1 aliphatic rings. The molecule has 2 N–H and O–H groups in total. The number of aryl methyl sites for hydroxylation is 2. The van der Waals surface area contributed by atoms with E-state index in [1.54, 1.807) is 11.8 Å². The van der Waals surface area contributed by atoms with E-state index in [1.807, 2.05) is 67.8 Å². The molecule has 0 saturated heterocycles. The summed E-state index contributed by atoms with van der Waals surface area (Å²) in [6.45, 7) is 0. The third kappa shape index (κ3) is 4.76. The summed E-state index contributed by atoms with van der Waals surface area (Å²) in [7, 11) is 5.53. The lowest BCUT2D eigenvalue weighted by molar-refractivity contribution is 0.416. The number of nitrogens with one attached hydrogen (secondary N) is 2. The molecular formula is C26H31N7O. The third-order valence-electron chi connectivity index (χ3n) is 6.35. The first-order chi connectivity index (χ1) is 16.6. The lowest BCUT2D eigenvalue weighted by atomic mass is 9.95. The molecular weight excluding hydrogens is 426 g/mol. The van der Waals surface area contributed by atoms with E-state index in [2.05, 4.69) is 26.9 Å². The zero-order valence-electron chi connectivity index (χ0n) is 20.0. The lowest BCUT2D eigenvalue weighted by Crippen LogP contribution is -2.23. The van der Waals surface area contributed by atoms with Gasteiger partial charge in [-0.3, -0.25) is 9.36 Å². The van der Waals surface area contributed by atoms with Crippen LogP contribution in [0.3, 0.4) is 0 Å². The summed E-state index contributed by atoms with van der Waals surface area (Å²) in [6.07, 6.45) is 13.9. The number of nitrogens with zero attached hydrogens (tertiary/aromatic N) is 5. The molecule has 34 heavy (non-hydrogen) atoms. The Morgan fingerprint density at radius 3 is 2.21 bits per heavy atom. The van der Waals surface area contributed by atoms with Gasteiger partial charge in [0.2, 0.25) is 0 Å². The normalized spacial score (nSPS) is 14.2. The Kier molecular flexibility index (Phi) is 6.20. The van der Waals surface area contributed by atoms with E-state index >= 15 is 0 Å². The molecule has 176 valence electrons. The zero-order valence-corrected chi connectivity index (χ0v) is 20.0. The Hall–Kier alpha value is -3.81. The first-order valence-corrected chi connectivity index (χ1v) is 11.8. The number of aromatic nitrogens is 5. The minimum Gasteiger partial charge on any atom is -0.496 e. The number of hydrogen-bond acceptors (Lipinski definition) is 6. The maximum atomic E-state index is 5.67. The van der Waals surface area contributed by atoms with E-state index < -0.39 is 0 Å². The molecule has 1 saturated carbocycles. The fourth-order valence-electron chi connectivity index (χ4n) is 4.59. The molecule has 8 heteroatoms. The Balaban J connectivity index is 1.43. The van der Waals surface area contributed by atoms with Gasteiger partial charge in [0.05, 0.1) is 19.5 Å². The molecule has 3 aromatic heterocycles. The van der Waals surface area contributed by atoms with Crippen LogP contribution < -0.4 is 15.4 Å². The van der Waals surface area contributed by atoms with Crippen LogP contribution in [0.25, 0.3) is 22.3 Å². The summed E-state index contributed by atoms with van der Waals surface area (Å²) in [4.78, 5) is 4.97. The SMILES string of the molecule is COc1cc(Nc2ccc(-c3cnn(C)c3)c(NC3CCCCC3)n2)ccc1-c1cnn(C)c1. The molecule has 4 aromatic rings. The van der Waals surface area contributed by atoms with Gasteiger partial charge in [-0.25, -0.2) is 4.98 Å². The van der Waals surface area contributed by atoms with Crippen LogP contribution in [0.5, 0.6) is 5.75 Å². The summed E-state index contributed by atoms with van der Waals surface area (Å²) in [5.41, 5.74) is 5.05. The van der Waals surface area contributed by atoms with Crippen molar-refractivity contribution in [2.24, 2.45) is 14.1 Å². The fourth-order valence-corrected chi connectivity index (χ4v) is 4.59. The predicted octanol–water partition coefficient (Wildman–Crippen LogP) is 5.38. The molecule has 8 nitrogen and oxygen atoms in total. The number of anilines is 3. The van der Waals surface area contributed by atoms with Gasteiger partial charge in [0, 0.05) is 66.5 Å². The first kappa shape index (κ1) is 22.0. The molecule has 0 atom stereocenters. The predicted molar refractivity (Wildman–Crippen MR) is 135 cm³/mol. The second kappa shape index (κ2) is 9.59. The highest BCUT2D eigenvalue weighted by Crippen LogP contribution is 2.34. The van der Waals surface area contributed by atoms with E-state index in [1.165, 1.54) is 32.1 Å². The van der Waals surface area contributed by atoms with Gasteiger partial charge in [-0.2, -0.15) is 10.2 Å². The standard InChI is InChI=1S/C26H31N7O/c1-32-16-18(14-27-32)22-10-9-21(13-24(22)34-3)29-25-12-11-23(19-15-28-33(2)17-19)26(31-25)30-20-7-5-4-6-8-20/h9-17,20H,4-8H2,1-3H3,(H2,29,30,31). The Labute approximate surface area is 200 Å². The van der Waals surface area contributed by atoms with Gasteiger partial charge >= 0.3 is 0 Å². The number of rotatable bonds is 7. The van der Waals surface area contributed by atoms with Gasteiger partial charge in [-0.15, -0.1) is 0 Å². The van der Waals surface area contributed by atoms with Crippen molar-refractivity contribution in [2.75, 3.05) is 17.7 Å². The summed E-state index contributed by atoms with van der Waals surface area (Å²) < 4.78 is 9.28. The second-order valence-electron chi connectivity index (χ2n) is 8.92. The van der Waals surface area contributed by atoms with Crippen molar-refractivity contribution in [3.05, 3.63) is 55.1 Å². The van der Waals surface area contributed by atoms with Crippen molar-refractivity contribution in [3.63, 3.8) is 0 Å². The second-order valence-corrected chi connectivity index (χ2v) is 8.92. The molecule has 0 bridgehead atoms. The van der Waals surface area contributed by atoms with Gasteiger partial charge < -0.3 is 15.4 Å². The maximum absolute atomic E-state index is 5.67. The van der Waals surface area contributed by atoms with Gasteiger partial charge in [0.15, 0.2) is 0 Å². The highest BCUT2D eigenvalue weighted by molar-refractivity contribution is 5.78. The van der Waals surface area contributed by atoms with Crippen molar-refractivity contribution < 1.29 is 4.74 Å². The van der Waals surface area contributed by atoms with Crippen molar-refractivity contribution in [1.82, 2.24) is 24.5 Å². The number of pyridine rings is 1. The molecule has 0 amide bonds. The molecule has 3 heterocycles. The quantitative estimate of drug-likeness (QED) is 0.388. The molecule has 1 fully saturated rings. The van der Waals surface area contributed by atoms with Crippen LogP contribution in [0.2, 0.25) is 0 Å². The zero-order chi connectivity index (χ0) is 23.5. The van der Waals surface area contributed by atoms with Gasteiger partial charge in [0.1, 0.15) is 17.4 Å². The van der Waals surface area contributed by atoms with Crippen molar-refractivity contribution in [3.8, 4) is 28.0 Å². The van der Waals surface area contributed by atoms with E-state index in [0.29, 0.717) is 6.04 Å². The molecule has 0 unspecified atom stereocenters. The minimum absolute atomic E-state index is 0.450. The smallest absolute Gasteiger partial charge is 0.136 e. The van der Waals surface area contributed by atoms with E-state index in [4.69, 9.17) is 9.72 Å². The van der Waals surface area contributed by atoms with Crippen LogP contribution in [0.15, 0.2) is 55.1 Å². The van der Waals surface area contributed by atoms with Crippen molar-refractivity contribution in [2.45, 2.75) is 38.1 Å². The van der Waals surface area contributed by atoms with Crippen LogP contribution in [-0.2, 0) is 14.1 Å². The monoisotopic (exact) mass is 457 g/mol. The number of methoxy groups -OCH3 is 1. The average molecular weight is 458 g/mol. The Morgan fingerprint density at radius 2 is 1.56 bits per heavy atom. The molecule has 1 aliphatic carbocycles. The largest absolute Gasteiger partial charge is 0.496 e. The van der Waals surface area contributed by atoms with Crippen molar-refractivity contribution >= 4 is 17.3 Å². The van der Waals surface area contributed by atoms with Gasteiger partial charge in [0.25, 0.3) is 0 Å². The van der Waals surface area contributed by atoms with Crippen LogP contribution in [0.1, 0.15) is 32.1 Å². The van der Waals surface area contributed by atoms with Crippen LogP contribution in [0.4, 0.5) is 17.3 Å². The highest BCUT2D eigenvalue weighted by atomic mass is 16.5. The van der Waals surface area contributed by atoms with E-state index in [0.717, 1.165) is 45.3 Å². The first-order valence-electron chi connectivity index (χ1n) is 11.8. The minimum atomic E-state index is 0.450. The third-order valence-corrected chi connectivity index (χ3v) is 6.35. The average Bonchev–Trinajstić information content (AvgIpc) is 3.48. The number of hydrogen-bond donors (Lipinski definition) is 2. The van der Waals surface area contributed by atoms with Crippen LogP contribution in [-0.4, -0.2) is 37.7 Å². The van der Waals surface area contributed by atoms with E-state index in [-0.39, 0.29) is 0 Å². The Bertz CT molecular complexity index is 1270. The highest BCUT2D eigenvalue weighted by Gasteiger charge is 2.18. The molecule has 0 spiro atoms. The summed E-state index contributed by atoms with van der Waals surface area (Å²) in [6, 6.07) is 10.6. The maximum Gasteiger partial charge on any atom is 0.136 e. The van der Waals surface area contributed by atoms with Crippen LogP contribution in [0, 0.1) is 0 Å². The Morgan fingerprint density at radius 1 is 0.882 bits per heavy atom. The fraction of sp³-hybridized carbons (Fsp3) is 0.346. The molecule has 1 aromatic carbocycles. The molecule has 5 rings (SSSR count). The summed E-state index contributed by atoms with van der Waals surface area (Å²) in [5, 5.41) is 15.8. The number of ether oxygens (including phenoxy) is 1. The summed E-state index contributed by atoms with van der Waals surface area (Å²) in [5.74, 6) is 2.46. The lowest BCUT2D eigenvalue weighted by Gasteiger charge is -2.24. The van der Waals surface area contributed by atoms with Gasteiger partial charge in [-0.05, 0) is 37.1 Å².